The number of nitrogens with one attached hydrogen (secondary N) is 3. The summed E-state index contributed by atoms with van der Waals surface area (Å²) in [6.45, 7) is 0. The topological polar surface area (TPSA) is 70.2 Å². The predicted molar refractivity (Wildman–Crippen MR) is 117 cm³/mol. The molecule has 164 valence electrons. The van der Waals surface area contributed by atoms with Gasteiger partial charge in [-0.3, -0.25) is 9.59 Å². The van der Waals surface area contributed by atoms with Gasteiger partial charge in [-0.25, -0.2) is 0 Å². The Morgan fingerprint density at radius 3 is 2.29 bits per heavy atom. The largest absolute Gasteiger partial charge is 0.416 e. The highest BCUT2D eigenvalue weighted by Gasteiger charge is 2.30. The predicted octanol–water partition coefficient (Wildman–Crippen LogP) is 5.35. The molecule has 3 N–H and O–H groups in total. The molecule has 0 radical (unpaired) electrons. The van der Waals surface area contributed by atoms with E-state index < -0.39 is 17.6 Å². The van der Waals surface area contributed by atoms with E-state index in [-0.39, 0.29) is 22.3 Å². The van der Waals surface area contributed by atoms with Crippen molar-refractivity contribution >= 4 is 40.5 Å². The van der Waals surface area contributed by atoms with Crippen molar-refractivity contribution in [2.45, 2.75) is 38.3 Å². The second-order valence-corrected chi connectivity index (χ2v) is 7.88. The van der Waals surface area contributed by atoms with Gasteiger partial charge in [0, 0.05) is 23.4 Å². The molecule has 0 aromatic heterocycles. The number of carbonyl (C=O) groups excluding carboxylic acids is 2. The minimum atomic E-state index is -4.50. The first-order valence-electron chi connectivity index (χ1n) is 9.90. The van der Waals surface area contributed by atoms with Gasteiger partial charge in [-0.2, -0.15) is 13.2 Å². The second kappa shape index (κ2) is 9.91. The summed E-state index contributed by atoms with van der Waals surface area (Å²) in [6.07, 6.45) is 0.336. The Hall–Kier alpha value is -2.94. The van der Waals surface area contributed by atoms with E-state index >= 15 is 0 Å². The lowest BCUT2D eigenvalue weighted by Crippen LogP contribution is -2.34. The van der Waals surface area contributed by atoms with E-state index in [1.807, 2.05) is 0 Å². The molecule has 2 aromatic carbocycles. The monoisotopic (exact) mass is 449 g/mol. The van der Waals surface area contributed by atoms with Crippen molar-refractivity contribution < 1.29 is 22.8 Å². The zero-order valence-corrected chi connectivity index (χ0v) is 17.4. The van der Waals surface area contributed by atoms with Crippen molar-refractivity contribution in [3.63, 3.8) is 0 Å². The molecular weight excluding hydrogens is 427 g/mol. The van der Waals surface area contributed by atoms with Gasteiger partial charge < -0.3 is 16.0 Å². The SMILES string of the molecule is O=C(CC1CCCC1)NC(=S)Nc1cccc(C(=O)Nc2cccc(C(F)(F)F)c2)c1. The van der Waals surface area contributed by atoms with E-state index in [1.165, 1.54) is 24.3 Å². The lowest BCUT2D eigenvalue weighted by atomic mass is 10.0. The van der Waals surface area contributed by atoms with Crippen molar-refractivity contribution in [1.82, 2.24) is 5.32 Å². The number of alkyl halides is 3. The Labute approximate surface area is 183 Å². The standard InChI is InChI=1S/C22H22F3N3O2S/c23-22(24,25)16-8-4-10-18(13-16)26-20(30)15-7-3-9-17(12-15)27-21(31)28-19(29)11-14-5-1-2-6-14/h3-4,7-10,12-14H,1-2,5-6,11H2,(H,26,30)(H2,27,28,29,31). The zero-order valence-electron chi connectivity index (χ0n) is 16.6. The fourth-order valence-corrected chi connectivity index (χ4v) is 3.76. The summed E-state index contributed by atoms with van der Waals surface area (Å²) < 4.78 is 38.5. The van der Waals surface area contributed by atoms with Gasteiger partial charge in [0.1, 0.15) is 0 Å². The van der Waals surface area contributed by atoms with Gasteiger partial charge >= 0.3 is 6.18 Å². The third-order valence-corrected chi connectivity index (χ3v) is 5.24. The average molecular weight is 449 g/mol. The Kier molecular flexibility index (Phi) is 7.27. The van der Waals surface area contributed by atoms with Crippen molar-refractivity contribution in [1.29, 1.82) is 0 Å². The Balaban J connectivity index is 1.58. The fraction of sp³-hybridized carbons (Fsp3) is 0.318. The van der Waals surface area contributed by atoms with Crippen molar-refractivity contribution in [2.24, 2.45) is 5.92 Å². The van der Waals surface area contributed by atoms with Crippen molar-refractivity contribution in [3.8, 4) is 0 Å². The number of hydrogen-bond donors (Lipinski definition) is 3. The van der Waals surface area contributed by atoms with Crippen LogP contribution in [0.1, 0.15) is 48.0 Å². The smallest absolute Gasteiger partial charge is 0.332 e. The van der Waals surface area contributed by atoms with Gasteiger partial charge in [-0.15, -0.1) is 0 Å². The molecule has 0 saturated heterocycles. The lowest BCUT2D eigenvalue weighted by Gasteiger charge is -2.13. The molecule has 1 aliphatic rings. The van der Waals surface area contributed by atoms with Crippen LogP contribution in [0.4, 0.5) is 24.5 Å². The van der Waals surface area contributed by atoms with Crippen LogP contribution in [0.3, 0.4) is 0 Å². The Morgan fingerprint density at radius 1 is 0.968 bits per heavy atom. The van der Waals surface area contributed by atoms with E-state index in [1.54, 1.807) is 12.1 Å². The number of benzene rings is 2. The molecule has 3 rings (SSSR count). The van der Waals surface area contributed by atoms with Gasteiger partial charge in [-0.1, -0.05) is 25.0 Å². The van der Waals surface area contributed by atoms with E-state index in [0.717, 1.165) is 37.8 Å². The summed E-state index contributed by atoms with van der Waals surface area (Å²) in [5.74, 6) is -0.326. The van der Waals surface area contributed by atoms with Crippen molar-refractivity contribution in [2.75, 3.05) is 10.6 Å². The Bertz CT molecular complexity index is 972. The van der Waals surface area contributed by atoms with Gasteiger partial charge in [0.05, 0.1) is 5.56 Å². The molecule has 0 bridgehead atoms. The van der Waals surface area contributed by atoms with Crippen LogP contribution in [0.2, 0.25) is 0 Å². The van der Waals surface area contributed by atoms with Crippen LogP contribution in [0.15, 0.2) is 48.5 Å². The highest BCUT2D eigenvalue weighted by molar-refractivity contribution is 7.80. The number of thiocarbonyl (C=S) groups is 1. The Morgan fingerprint density at radius 2 is 1.61 bits per heavy atom. The van der Waals surface area contributed by atoms with E-state index in [0.29, 0.717) is 18.0 Å². The quantitative estimate of drug-likeness (QED) is 0.538. The van der Waals surface area contributed by atoms with E-state index in [9.17, 15) is 22.8 Å². The number of carbonyl (C=O) groups is 2. The highest BCUT2D eigenvalue weighted by atomic mass is 32.1. The van der Waals surface area contributed by atoms with Gasteiger partial charge in [0.15, 0.2) is 5.11 Å². The van der Waals surface area contributed by atoms with Crippen LogP contribution in [0.25, 0.3) is 0 Å². The first kappa shape index (κ1) is 22.7. The van der Waals surface area contributed by atoms with E-state index in [2.05, 4.69) is 16.0 Å². The molecule has 5 nitrogen and oxygen atoms in total. The number of anilines is 2. The van der Waals surface area contributed by atoms with Crippen LogP contribution >= 0.6 is 12.2 Å². The molecule has 2 amide bonds. The maximum absolute atomic E-state index is 12.8. The average Bonchev–Trinajstić information content (AvgIpc) is 3.20. The summed E-state index contributed by atoms with van der Waals surface area (Å²) in [4.78, 5) is 24.6. The molecule has 1 aliphatic carbocycles. The molecular formula is C22H22F3N3O2S. The first-order chi connectivity index (χ1) is 14.7. The van der Waals surface area contributed by atoms with Gasteiger partial charge in [0.2, 0.25) is 5.91 Å². The normalized spacial score (nSPS) is 14.2. The molecule has 1 fully saturated rings. The maximum Gasteiger partial charge on any atom is 0.416 e. The maximum atomic E-state index is 12.8. The van der Waals surface area contributed by atoms with Crippen LogP contribution in [-0.4, -0.2) is 16.9 Å². The van der Waals surface area contributed by atoms with Crippen LogP contribution < -0.4 is 16.0 Å². The van der Waals surface area contributed by atoms with Gasteiger partial charge in [-0.05, 0) is 67.4 Å². The molecule has 1 saturated carbocycles. The molecule has 0 spiro atoms. The van der Waals surface area contributed by atoms with Crippen LogP contribution in [0.5, 0.6) is 0 Å². The summed E-state index contributed by atoms with van der Waals surface area (Å²) in [6, 6.07) is 10.7. The second-order valence-electron chi connectivity index (χ2n) is 7.47. The number of halogens is 3. The number of hydrogen-bond acceptors (Lipinski definition) is 3. The van der Waals surface area contributed by atoms with Gasteiger partial charge in [0.25, 0.3) is 5.91 Å². The first-order valence-corrected chi connectivity index (χ1v) is 10.3. The van der Waals surface area contributed by atoms with Crippen LogP contribution in [-0.2, 0) is 11.0 Å². The molecule has 2 aromatic rings. The molecule has 0 atom stereocenters. The molecule has 0 heterocycles. The lowest BCUT2D eigenvalue weighted by molar-refractivity contribution is -0.137. The summed E-state index contributed by atoms with van der Waals surface area (Å²) in [7, 11) is 0. The molecule has 9 heteroatoms. The minimum absolute atomic E-state index is 0.0351. The summed E-state index contributed by atoms with van der Waals surface area (Å²) in [5, 5.41) is 8.07. The molecule has 0 aliphatic heterocycles. The third kappa shape index (κ3) is 6.78. The number of rotatable bonds is 5. The minimum Gasteiger partial charge on any atom is -0.332 e. The van der Waals surface area contributed by atoms with Crippen molar-refractivity contribution in [3.05, 3.63) is 59.7 Å². The third-order valence-electron chi connectivity index (χ3n) is 5.03. The molecule has 0 unspecified atom stereocenters. The van der Waals surface area contributed by atoms with E-state index in [4.69, 9.17) is 12.2 Å². The zero-order chi connectivity index (χ0) is 22.4. The molecule has 31 heavy (non-hydrogen) atoms. The fourth-order valence-electron chi connectivity index (χ4n) is 3.53. The highest BCUT2D eigenvalue weighted by Crippen LogP contribution is 2.31. The number of amides is 2. The summed E-state index contributed by atoms with van der Waals surface area (Å²) >= 11 is 5.17. The summed E-state index contributed by atoms with van der Waals surface area (Å²) in [5.41, 5.74) is -0.113. The van der Waals surface area contributed by atoms with Crippen LogP contribution in [0, 0.1) is 5.92 Å².